The lowest BCUT2D eigenvalue weighted by atomic mass is 9.95. The molecule has 2 aliphatic rings. The lowest BCUT2D eigenvalue weighted by molar-refractivity contribution is -0.117. The van der Waals surface area contributed by atoms with E-state index in [1.807, 2.05) is 17.0 Å². The van der Waals surface area contributed by atoms with Gasteiger partial charge in [-0.05, 0) is 30.0 Å². The Bertz CT molecular complexity index is 401. The van der Waals surface area contributed by atoms with Crippen molar-refractivity contribution in [3.63, 3.8) is 0 Å². The summed E-state index contributed by atoms with van der Waals surface area (Å²) in [5.74, 6) is 0.935. The van der Waals surface area contributed by atoms with Crippen molar-refractivity contribution in [3.05, 3.63) is 29.8 Å². The van der Waals surface area contributed by atoms with E-state index in [1.54, 1.807) is 12.1 Å². The Balaban J connectivity index is 1.90. The molecule has 1 saturated heterocycles. The molecule has 0 radical (unpaired) electrons. The highest BCUT2D eigenvalue weighted by atomic mass is 16.3. The lowest BCUT2D eigenvalue weighted by Gasteiger charge is -2.16. The summed E-state index contributed by atoms with van der Waals surface area (Å²) in [6.07, 6.45) is 2.12. The second kappa shape index (κ2) is 2.75. The van der Waals surface area contributed by atoms with E-state index < -0.39 is 0 Å². The van der Waals surface area contributed by atoms with E-state index in [0.717, 1.165) is 19.5 Å². The van der Waals surface area contributed by atoms with Crippen LogP contribution in [0, 0.1) is 5.92 Å². The number of carbonyl (C=O) groups is 1. The van der Waals surface area contributed by atoms with E-state index in [1.165, 1.54) is 12.0 Å². The van der Waals surface area contributed by atoms with Crippen molar-refractivity contribution in [1.82, 2.24) is 4.90 Å². The smallest absolute Gasteiger partial charge is 0.209 e. The fourth-order valence-corrected chi connectivity index (χ4v) is 2.84. The average Bonchev–Trinajstić information content (AvgIpc) is 2.83. The van der Waals surface area contributed by atoms with Gasteiger partial charge in [-0.3, -0.25) is 4.79 Å². The van der Waals surface area contributed by atoms with Gasteiger partial charge in [0.15, 0.2) is 0 Å². The molecule has 1 N–H and O–H groups in total. The molecular formula is C12H13NO2. The Kier molecular flexibility index (Phi) is 1.61. The van der Waals surface area contributed by atoms with Crippen LogP contribution in [0.4, 0.5) is 0 Å². The van der Waals surface area contributed by atoms with E-state index in [4.69, 9.17) is 0 Å². The lowest BCUT2D eigenvalue weighted by Crippen LogP contribution is -2.24. The Morgan fingerprint density at radius 3 is 2.73 bits per heavy atom. The molecule has 0 spiro atoms. The molecule has 1 aromatic carbocycles. The standard InChI is InChI=1S/C12H13NO2/c14-8-13-6-10-5-12(10,7-13)9-1-3-11(15)4-2-9/h1-4,8,10,15H,5-7H2. The zero-order chi connectivity index (χ0) is 10.5. The van der Waals surface area contributed by atoms with Crippen LogP contribution in [0.5, 0.6) is 5.75 Å². The molecule has 0 bridgehead atoms. The normalized spacial score (nSPS) is 32.5. The molecule has 1 aliphatic carbocycles. The van der Waals surface area contributed by atoms with Gasteiger partial charge in [0.2, 0.25) is 6.41 Å². The largest absolute Gasteiger partial charge is 0.508 e. The van der Waals surface area contributed by atoms with Crippen LogP contribution in [0.25, 0.3) is 0 Å². The highest BCUT2D eigenvalue weighted by Crippen LogP contribution is 2.58. The van der Waals surface area contributed by atoms with Crippen LogP contribution in [-0.4, -0.2) is 29.5 Å². The molecular weight excluding hydrogens is 190 g/mol. The third-order valence-electron chi connectivity index (χ3n) is 3.76. The molecule has 2 atom stereocenters. The predicted octanol–water partition coefficient (Wildman–Crippen LogP) is 1.12. The molecule has 15 heavy (non-hydrogen) atoms. The van der Waals surface area contributed by atoms with Crippen LogP contribution in [0.2, 0.25) is 0 Å². The van der Waals surface area contributed by atoms with Crippen molar-refractivity contribution in [2.45, 2.75) is 11.8 Å². The second-order valence-electron chi connectivity index (χ2n) is 4.64. The number of carbonyl (C=O) groups excluding carboxylic acids is 1. The average molecular weight is 203 g/mol. The predicted molar refractivity (Wildman–Crippen MR) is 55.5 cm³/mol. The number of aromatic hydroxyl groups is 1. The topological polar surface area (TPSA) is 40.5 Å². The van der Waals surface area contributed by atoms with Gasteiger partial charge in [-0.2, -0.15) is 0 Å². The maximum absolute atomic E-state index is 10.7. The Morgan fingerprint density at radius 1 is 1.40 bits per heavy atom. The number of phenolic OH excluding ortho intramolecular Hbond substituents is 1. The summed E-state index contributed by atoms with van der Waals surface area (Å²) in [7, 11) is 0. The molecule has 3 rings (SSSR count). The minimum absolute atomic E-state index is 0.203. The Hall–Kier alpha value is -1.51. The molecule has 3 heteroatoms. The summed E-state index contributed by atoms with van der Waals surface area (Å²) < 4.78 is 0. The molecule has 1 aliphatic heterocycles. The minimum atomic E-state index is 0.203. The maximum atomic E-state index is 10.7. The summed E-state index contributed by atoms with van der Waals surface area (Å²) in [6.45, 7) is 1.73. The number of benzene rings is 1. The van der Waals surface area contributed by atoms with Crippen molar-refractivity contribution < 1.29 is 9.90 Å². The van der Waals surface area contributed by atoms with Gasteiger partial charge in [-0.15, -0.1) is 0 Å². The number of nitrogens with zero attached hydrogens (tertiary/aromatic N) is 1. The van der Waals surface area contributed by atoms with E-state index in [9.17, 15) is 9.90 Å². The van der Waals surface area contributed by atoms with Gasteiger partial charge in [-0.25, -0.2) is 0 Å². The quantitative estimate of drug-likeness (QED) is 0.732. The van der Waals surface area contributed by atoms with E-state index in [0.29, 0.717) is 11.7 Å². The summed E-state index contributed by atoms with van der Waals surface area (Å²) >= 11 is 0. The number of fused-ring (bicyclic) bond motifs is 1. The Labute approximate surface area is 88.3 Å². The fourth-order valence-electron chi connectivity index (χ4n) is 2.84. The zero-order valence-corrected chi connectivity index (χ0v) is 8.39. The molecule has 2 unspecified atom stereocenters. The summed E-state index contributed by atoms with van der Waals surface area (Å²) in [5, 5.41) is 9.23. The molecule has 1 saturated carbocycles. The number of hydrogen-bond acceptors (Lipinski definition) is 2. The van der Waals surface area contributed by atoms with Gasteiger partial charge in [0, 0.05) is 18.5 Å². The first-order chi connectivity index (χ1) is 7.24. The number of hydrogen-bond donors (Lipinski definition) is 1. The summed E-state index contributed by atoms with van der Waals surface area (Å²) in [5.41, 5.74) is 1.46. The van der Waals surface area contributed by atoms with Crippen molar-refractivity contribution >= 4 is 6.41 Å². The SMILES string of the molecule is O=CN1CC2CC2(c2ccc(O)cc2)C1. The third-order valence-corrected chi connectivity index (χ3v) is 3.76. The molecule has 1 amide bonds. The number of likely N-dealkylation sites (tertiary alicyclic amines) is 1. The number of amides is 1. The van der Waals surface area contributed by atoms with Gasteiger partial charge >= 0.3 is 0 Å². The monoisotopic (exact) mass is 203 g/mol. The van der Waals surface area contributed by atoms with Crippen LogP contribution < -0.4 is 0 Å². The minimum Gasteiger partial charge on any atom is -0.508 e. The van der Waals surface area contributed by atoms with Crippen LogP contribution >= 0.6 is 0 Å². The molecule has 78 valence electrons. The molecule has 2 fully saturated rings. The highest BCUT2D eigenvalue weighted by molar-refractivity contribution is 5.52. The van der Waals surface area contributed by atoms with Crippen LogP contribution in [0.1, 0.15) is 12.0 Å². The molecule has 3 nitrogen and oxygen atoms in total. The number of piperidine rings is 1. The van der Waals surface area contributed by atoms with Gasteiger partial charge in [0.25, 0.3) is 0 Å². The summed E-state index contributed by atoms with van der Waals surface area (Å²) in [6, 6.07) is 7.40. The van der Waals surface area contributed by atoms with Crippen molar-refractivity contribution in [3.8, 4) is 5.75 Å². The van der Waals surface area contributed by atoms with Gasteiger partial charge in [0.1, 0.15) is 5.75 Å². The fraction of sp³-hybridized carbons (Fsp3) is 0.417. The van der Waals surface area contributed by atoms with Crippen LogP contribution in [0.15, 0.2) is 24.3 Å². The third kappa shape index (κ3) is 1.16. The molecule has 0 aromatic heterocycles. The first kappa shape index (κ1) is 8.77. The van der Waals surface area contributed by atoms with Crippen molar-refractivity contribution in [2.75, 3.05) is 13.1 Å². The number of phenols is 1. The second-order valence-corrected chi connectivity index (χ2v) is 4.64. The van der Waals surface area contributed by atoms with E-state index in [-0.39, 0.29) is 5.41 Å². The first-order valence-electron chi connectivity index (χ1n) is 5.23. The molecule has 1 aromatic rings. The molecule has 1 heterocycles. The van der Waals surface area contributed by atoms with Crippen molar-refractivity contribution in [1.29, 1.82) is 0 Å². The van der Waals surface area contributed by atoms with Crippen molar-refractivity contribution in [2.24, 2.45) is 5.92 Å². The van der Waals surface area contributed by atoms with Gasteiger partial charge in [-0.1, -0.05) is 12.1 Å². The maximum Gasteiger partial charge on any atom is 0.209 e. The van der Waals surface area contributed by atoms with E-state index in [2.05, 4.69) is 0 Å². The van der Waals surface area contributed by atoms with Gasteiger partial charge < -0.3 is 10.0 Å². The van der Waals surface area contributed by atoms with Crippen LogP contribution in [0.3, 0.4) is 0 Å². The first-order valence-corrected chi connectivity index (χ1v) is 5.23. The van der Waals surface area contributed by atoms with E-state index >= 15 is 0 Å². The van der Waals surface area contributed by atoms with Gasteiger partial charge in [0.05, 0.1) is 0 Å². The zero-order valence-electron chi connectivity index (χ0n) is 8.39. The van der Waals surface area contributed by atoms with Crippen LogP contribution in [-0.2, 0) is 10.2 Å². The Morgan fingerprint density at radius 2 is 2.13 bits per heavy atom. The summed E-state index contributed by atoms with van der Waals surface area (Å²) in [4.78, 5) is 12.5. The highest BCUT2D eigenvalue weighted by Gasteiger charge is 2.60. The number of rotatable bonds is 2.